The van der Waals surface area contributed by atoms with Crippen LogP contribution < -0.4 is 34.7 Å². The Bertz CT molecular complexity index is 401. The fraction of sp³-hybridized carbons (Fsp3) is 0.500. The molecule has 5 N–H and O–H groups in total. The van der Waals surface area contributed by atoms with Gasteiger partial charge in [0.05, 0.1) is 19.3 Å². The molecular formula is C10H13NaO11. The fourth-order valence-corrected chi connectivity index (χ4v) is 0.917. The maximum Gasteiger partial charge on any atom is 1.00 e. The van der Waals surface area contributed by atoms with Crippen molar-refractivity contribution in [2.45, 2.75) is 31.3 Å². The molecule has 0 aromatic heterocycles. The maximum atomic E-state index is 10.3. The largest absolute Gasteiger partial charge is 1.00 e. The monoisotopic (exact) mass is 332 g/mol. The average molecular weight is 332 g/mol. The molecule has 0 aromatic carbocycles. The Hall–Kier alpha value is -1.69. The van der Waals surface area contributed by atoms with Gasteiger partial charge in [-0.2, -0.15) is 0 Å². The van der Waals surface area contributed by atoms with Crippen molar-refractivity contribution in [3.63, 3.8) is 0 Å². The summed E-state index contributed by atoms with van der Waals surface area (Å²) in [4.78, 5) is 49.6. The van der Waals surface area contributed by atoms with Gasteiger partial charge >= 0.3 is 53.4 Å². The number of carboxylic acids is 5. The van der Waals surface area contributed by atoms with Crippen LogP contribution in [0, 0.1) is 0 Å². The first-order valence-corrected chi connectivity index (χ1v) is 5.21. The molecule has 1 atom stereocenters. The van der Waals surface area contributed by atoms with Crippen LogP contribution in [0.15, 0.2) is 0 Å². The quantitative estimate of drug-likeness (QED) is 0.264. The van der Waals surface area contributed by atoms with Gasteiger partial charge in [0, 0.05) is 12.4 Å². The van der Waals surface area contributed by atoms with Gasteiger partial charge in [0.2, 0.25) is 0 Å². The summed E-state index contributed by atoms with van der Waals surface area (Å²) in [6.07, 6.45) is -3.03. The van der Waals surface area contributed by atoms with E-state index in [0.717, 1.165) is 0 Å². The molecule has 12 heteroatoms. The normalized spacial score (nSPS) is 11.7. The van der Waals surface area contributed by atoms with Crippen molar-refractivity contribution < 1.29 is 84.2 Å². The Balaban J connectivity index is -0.000000348. The van der Waals surface area contributed by atoms with Crippen molar-refractivity contribution in [2.24, 2.45) is 0 Å². The van der Waals surface area contributed by atoms with Crippen LogP contribution in [0.4, 0.5) is 0 Å². The minimum atomic E-state index is -2.80. The van der Waals surface area contributed by atoms with Gasteiger partial charge in [0.15, 0.2) is 5.60 Å². The molecule has 1 unspecified atom stereocenters. The van der Waals surface area contributed by atoms with E-state index in [-0.39, 0.29) is 42.4 Å². The van der Waals surface area contributed by atoms with Crippen molar-refractivity contribution in [1.29, 1.82) is 0 Å². The van der Waals surface area contributed by atoms with Gasteiger partial charge in [-0.25, -0.2) is 4.79 Å². The van der Waals surface area contributed by atoms with Crippen LogP contribution in [0.25, 0.3) is 0 Å². The summed E-state index contributed by atoms with van der Waals surface area (Å²) in [7, 11) is 0. The number of aliphatic hydroxyl groups is 1. The van der Waals surface area contributed by atoms with Crippen LogP contribution in [0.3, 0.4) is 0 Å². The molecule has 0 aliphatic heterocycles. The molecule has 11 nitrogen and oxygen atoms in total. The third kappa shape index (κ3) is 14.7. The number of aliphatic carboxylic acids is 5. The molecule has 0 fully saturated rings. The Morgan fingerprint density at radius 3 is 1.32 bits per heavy atom. The Morgan fingerprint density at radius 2 is 1.14 bits per heavy atom. The summed E-state index contributed by atoms with van der Waals surface area (Å²) in [5.74, 6) is -7.49. The SMILES string of the molecule is O=C(O)CCC(=O)O.O=C([O-])CC(O)(CC(=O)O)C(=O)O.[Na+]. The van der Waals surface area contributed by atoms with Crippen LogP contribution in [0.2, 0.25) is 0 Å². The summed E-state index contributed by atoms with van der Waals surface area (Å²) < 4.78 is 0. The number of carboxylic acid groups (broad SMARTS) is 5. The molecule has 0 rings (SSSR count). The van der Waals surface area contributed by atoms with Gasteiger partial charge in [0.1, 0.15) is 0 Å². The third-order valence-corrected chi connectivity index (χ3v) is 1.83. The standard InChI is InChI=1S/C6H8O7.C4H6O4.Na/c7-3(8)1-6(13,5(11)12)2-4(9)10;5-3(6)1-2-4(7)8;/h13H,1-2H2,(H,7,8)(H,9,10)(H,11,12);1-2H2,(H,5,6)(H,7,8);/q;;+1/p-1. The van der Waals surface area contributed by atoms with Crippen LogP contribution in [0.1, 0.15) is 25.7 Å². The zero-order valence-corrected chi connectivity index (χ0v) is 13.5. The van der Waals surface area contributed by atoms with Gasteiger partial charge in [-0.05, 0) is 0 Å². The molecule has 120 valence electrons. The first-order chi connectivity index (χ1) is 9.40. The van der Waals surface area contributed by atoms with Gasteiger partial charge in [0.25, 0.3) is 0 Å². The van der Waals surface area contributed by atoms with Gasteiger partial charge in [-0.1, -0.05) is 0 Å². The van der Waals surface area contributed by atoms with Crippen molar-refractivity contribution in [3.8, 4) is 0 Å². The molecule has 0 heterocycles. The number of rotatable bonds is 8. The van der Waals surface area contributed by atoms with E-state index in [2.05, 4.69) is 0 Å². The summed E-state index contributed by atoms with van der Waals surface area (Å²) in [6.45, 7) is 0. The number of carbonyl (C=O) groups is 5. The van der Waals surface area contributed by atoms with Crippen molar-refractivity contribution in [1.82, 2.24) is 0 Å². The first kappa shape index (κ1) is 25.3. The number of carbonyl (C=O) groups excluding carboxylic acids is 1. The third-order valence-electron chi connectivity index (χ3n) is 1.83. The predicted molar refractivity (Wildman–Crippen MR) is 59.0 cm³/mol. The summed E-state index contributed by atoms with van der Waals surface area (Å²) >= 11 is 0. The number of hydrogen-bond acceptors (Lipinski definition) is 7. The van der Waals surface area contributed by atoms with E-state index >= 15 is 0 Å². The summed E-state index contributed by atoms with van der Waals surface area (Å²) in [5.41, 5.74) is -2.80. The smallest absolute Gasteiger partial charge is 0.550 e. The molecule has 0 saturated carbocycles. The Kier molecular flexibility index (Phi) is 13.7. The van der Waals surface area contributed by atoms with E-state index in [1.807, 2.05) is 0 Å². The molecule has 0 saturated heterocycles. The van der Waals surface area contributed by atoms with Crippen molar-refractivity contribution in [2.75, 3.05) is 0 Å². The van der Waals surface area contributed by atoms with Crippen LogP contribution in [-0.4, -0.2) is 61.0 Å². The molecule has 0 aromatic rings. The average Bonchev–Trinajstić information content (AvgIpc) is 2.24. The Morgan fingerprint density at radius 1 is 0.773 bits per heavy atom. The second-order valence-electron chi connectivity index (χ2n) is 3.74. The molecule has 22 heavy (non-hydrogen) atoms. The molecule has 0 aliphatic carbocycles. The van der Waals surface area contributed by atoms with Crippen LogP contribution >= 0.6 is 0 Å². The molecule has 0 amide bonds. The van der Waals surface area contributed by atoms with E-state index in [1.165, 1.54) is 0 Å². The minimum Gasteiger partial charge on any atom is -0.550 e. The molecule has 0 bridgehead atoms. The predicted octanol–water partition coefficient (Wildman–Crippen LogP) is -5.64. The van der Waals surface area contributed by atoms with Crippen LogP contribution in [-0.2, 0) is 24.0 Å². The summed E-state index contributed by atoms with van der Waals surface area (Å²) in [5, 5.41) is 51.3. The minimum absolute atomic E-state index is 0. The van der Waals surface area contributed by atoms with E-state index in [4.69, 9.17) is 25.5 Å². The van der Waals surface area contributed by atoms with Gasteiger partial charge in [-0.3, -0.25) is 14.4 Å². The van der Waals surface area contributed by atoms with E-state index < -0.39 is 48.3 Å². The molecular weight excluding hydrogens is 319 g/mol. The second kappa shape index (κ2) is 11.9. The van der Waals surface area contributed by atoms with E-state index in [1.54, 1.807) is 0 Å². The van der Waals surface area contributed by atoms with E-state index in [0.29, 0.717) is 0 Å². The fourth-order valence-electron chi connectivity index (χ4n) is 0.917. The summed E-state index contributed by atoms with van der Waals surface area (Å²) in [6, 6.07) is 0. The number of hydrogen-bond donors (Lipinski definition) is 5. The topological polar surface area (TPSA) is 210 Å². The van der Waals surface area contributed by atoms with Crippen LogP contribution in [0.5, 0.6) is 0 Å². The van der Waals surface area contributed by atoms with Crippen molar-refractivity contribution in [3.05, 3.63) is 0 Å². The molecule has 0 radical (unpaired) electrons. The van der Waals surface area contributed by atoms with Gasteiger partial charge < -0.3 is 35.4 Å². The zero-order chi connectivity index (χ0) is 17.2. The van der Waals surface area contributed by atoms with Crippen molar-refractivity contribution >= 4 is 29.8 Å². The zero-order valence-electron chi connectivity index (χ0n) is 11.5. The molecule has 0 spiro atoms. The molecule has 0 aliphatic rings. The van der Waals surface area contributed by atoms with E-state index in [9.17, 15) is 29.1 Å². The second-order valence-corrected chi connectivity index (χ2v) is 3.74. The Labute approximate surface area is 145 Å². The first-order valence-electron chi connectivity index (χ1n) is 5.21. The van der Waals surface area contributed by atoms with Gasteiger partial charge in [-0.15, -0.1) is 0 Å². The maximum absolute atomic E-state index is 10.3.